The van der Waals surface area contributed by atoms with E-state index < -0.39 is 0 Å². The van der Waals surface area contributed by atoms with E-state index in [1.807, 2.05) is 19.9 Å². The Morgan fingerprint density at radius 1 is 1.26 bits per heavy atom. The van der Waals surface area contributed by atoms with Crippen LogP contribution in [0.4, 0.5) is 4.39 Å². The van der Waals surface area contributed by atoms with E-state index in [-0.39, 0.29) is 12.4 Å². The molecule has 144 valence electrons. The molecule has 0 spiro atoms. The number of benzene rings is 2. The fourth-order valence-corrected chi connectivity index (χ4v) is 2.97. The molecular formula is C19H21BrFN3O2S. The molecule has 2 rings (SSSR count). The Kier molecular flexibility index (Phi) is 8.47. The Labute approximate surface area is 172 Å². The van der Waals surface area contributed by atoms with Crippen LogP contribution >= 0.6 is 28.1 Å². The predicted molar refractivity (Wildman–Crippen MR) is 113 cm³/mol. The minimum atomic E-state index is -0.307. The van der Waals surface area contributed by atoms with Gasteiger partial charge in [-0.25, -0.2) is 4.39 Å². The first kappa shape index (κ1) is 21.1. The zero-order valence-electron chi connectivity index (χ0n) is 15.1. The molecule has 5 nitrogen and oxygen atoms in total. The fourth-order valence-electron chi connectivity index (χ4n) is 2.20. The third-order valence-corrected chi connectivity index (χ3v) is 4.20. The van der Waals surface area contributed by atoms with Gasteiger partial charge in [-0.2, -0.15) is 5.10 Å². The van der Waals surface area contributed by atoms with Crippen LogP contribution in [0.5, 0.6) is 11.5 Å². The number of ether oxygens (including phenoxy) is 2. The molecule has 8 heteroatoms. The number of hydrogen-bond acceptors (Lipinski definition) is 4. The summed E-state index contributed by atoms with van der Waals surface area (Å²) >= 11 is 8.54. The summed E-state index contributed by atoms with van der Waals surface area (Å²) in [4.78, 5) is 0. The molecule has 27 heavy (non-hydrogen) atoms. The van der Waals surface area contributed by atoms with E-state index in [0.29, 0.717) is 33.3 Å². The highest BCUT2D eigenvalue weighted by atomic mass is 79.9. The first-order valence-corrected chi connectivity index (χ1v) is 9.64. The van der Waals surface area contributed by atoms with Crippen LogP contribution in [-0.4, -0.2) is 24.5 Å². The summed E-state index contributed by atoms with van der Waals surface area (Å²) in [5, 5.41) is 7.48. The molecule has 0 fully saturated rings. The van der Waals surface area contributed by atoms with Gasteiger partial charge in [-0.1, -0.05) is 18.2 Å². The van der Waals surface area contributed by atoms with Crippen molar-refractivity contribution >= 4 is 39.5 Å². The van der Waals surface area contributed by atoms with Gasteiger partial charge in [0.05, 0.1) is 17.3 Å². The van der Waals surface area contributed by atoms with E-state index in [1.165, 1.54) is 6.07 Å². The van der Waals surface area contributed by atoms with Gasteiger partial charge < -0.3 is 14.8 Å². The Morgan fingerprint density at radius 3 is 2.74 bits per heavy atom. The second kappa shape index (κ2) is 10.8. The Morgan fingerprint density at radius 2 is 2.04 bits per heavy atom. The summed E-state index contributed by atoms with van der Waals surface area (Å²) < 4.78 is 26.0. The van der Waals surface area contributed by atoms with Crippen molar-refractivity contribution in [3.05, 3.63) is 57.8 Å². The molecule has 0 amide bonds. The van der Waals surface area contributed by atoms with Gasteiger partial charge in [0.1, 0.15) is 12.4 Å². The van der Waals surface area contributed by atoms with E-state index in [1.54, 1.807) is 30.5 Å². The van der Waals surface area contributed by atoms with Crippen LogP contribution in [0, 0.1) is 5.82 Å². The third-order valence-electron chi connectivity index (χ3n) is 3.38. The first-order chi connectivity index (χ1) is 13.0. The summed E-state index contributed by atoms with van der Waals surface area (Å²) in [6.45, 7) is 5.10. The van der Waals surface area contributed by atoms with E-state index in [4.69, 9.17) is 21.7 Å². The van der Waals surface area contributed by atoms with Crippen molar-refractivity contribution in [1.29, 1.82) is 0 Å². The van der Waals surface area contributed by atoms with Gasteiger partial charge in [-0.3, -0.25) is 5.43 Å². The monoisotopic (exact) mass is 453 g/mol. The van der Waals surface area contributed by atoms with Crippen LogP contribution in [0.15, 0.2) is 46.0 Å². The van der Waals surface area contributed by atoms with Gasteiger partial charge in [0.25, 0.3) is 0 Å². The average Bonchev–Trinajstić information content (AvgIpc) is 2.63. The third kappa shape index (κ3) is 6.48. The zero-order chi connectivity index (χ0) is 19.6. The number of hydrogen-bond donors (Lipinski definition) is 2. The molecule has 0 saturated heterocycles. The molecule has 0 bridgehead atoms. The minimum absolute atomic E-state index is 0.0945. The Balaban J connectivity index is 2.16. The van der Waals surface area contributed by atoms with Crippen molar-refractivity contribution in [3.63, 3.8) is 0 Å². The van der Waals surface area contributed by atoms with Crippen molar-refractivity contribution in [2.75, 3.05) is 13.2 Å². The lowest BCUT2D eigenvalue weighted by molar-refractivity contribution is 0.264. The van der Waals surface area contributed by atoms with Gasteiger partial charge in [0.15, 0.2) is 16.6 Å². The van der Waals surface area contributed by atoms with Crippen LogP contribution in [0.3, 0.4) is 0 Å². The van der Waals surface area contributed by atoms with E-state index in [2.05, 4.69) is 31.8 Å². The minimum Gasteiger partial charge on any atom is -0.490 e. The molecule has 0 aliphatic rings. The van der Waals surface area contributed by atoms with Gasteiger partial charge in [0, 0.05) is 12.1 Å². The van der Waals surface area contributed by atoms with E-state index in [9.17, 15) is 4.39 Å². The van der Waals surface area contributed by atoms with Crippen LogP contribution in [0.1, 0.15) is 25.0 Å². The molecule has 0 atom stereocenters. The highest BCUT2D eigenvalue weighted by molar-refractivity contribution is 9.10. The molecule has 0 aromatic heterocycles. The molecule has 0 aliphatic heterocycles. The summed E-state index contributed by atoms with van der Waals surface area (Å²) in [7, 11) is 0. The van der Waals surface area contributed by atoms with Crippen molar-refractivity contribution < 1.29 is 13.9 Å². The molecule has 0 aliphatic carbocycles. The highest BCUT2D eigenvalue weighted by Gasteiger charge is 2.13. The quantitative estimate of drug-likeness (QED) is 0.352. The lowest BCUT2D eigenvalue weighted by Gasteiger charge is -2.15. The van der Waals surface area contributed by atoms with Crippen molar-refractivity contribution in [1.82, 2.24) is 10.7 Å². The first-order valence-electron chi connectivity index (χ1n) is 8.44. The molecule has 0 radical (unpaired) electrons. The van der Waals surface area contributed by atoms with Gasteiger partial charge in [0.2, 0.25) is 0 Å². The van der Waals surface area contributed by atoms with Crippen molar-refractivity contribution in [3.8, 4) is 11.5 Å². The average molecular weight is 454 g/mol. The molecule has 2 aromatic carbocycles. The maximum Gasteiger partial charge on any atom is 0.186 e. The standard InChI is InChI=1S/C19H21BrFN3O2S/c1-3-22-19(27)24-23-11-13-9-15(20)18(17(10-13)25-4-2)26-12-14-7-5-6-8-16(14)21/h5-11H,3-4,12H2,1-2H3,(H2,22,24,27)/b23-11-. The number of halogens is 2. The van der Waals surface area contributed by atoms with E-state index in [0.717, 1.165) is 12.1 Å². The fraction of sp³-hybridized carbons (Fsp3) is 0.263. The van der Waals surface area contributed by atoms with Crippen LogP contribution in [0.25, 0.3) is 0 Å². The number of thiocarbonyl (C=S) groups is 1. The summed E-state index contributed by atoms with van der Waals surface area (Å²) in [6.07, 6.45) is 1.62. The maximum absolute atomic E-state index is 13.8. The maximum atomic E-state index is 13.8. The van der Waals surface area contributed by atoms with Gasteiger partial charge in [-0.15, -0.1) is 0 Å². The predicted octanol–water partition coefficient (Wildman–Crippen LogP) is 4.38. The summed E-state index contributed by atoms with van der Waals surface area (Å²) in [5.74, 6) is 0.741. The van der Waals surface area contributed by atoms with Crippen LogP contribution in [0.2, 0.25) is 0 Å². The molecular weight excluding hydrogens is 433 g/mol. The number of hydrazone groups is 1. The van der Waals surface area contributed by atoms with Crippen LogP contribution < -0.4 is 20.2 Å². The second-order valence-corrected chi connectivity index (χ2v) is 6.64. The lowest BCUT2D eigenvalue weighted by Crippen LogP contribution is -2.31. The van der Waals surface area contributed by atoms with Gasteiger partial charge in [-0.05, 0) is 65.8 Å². The zero-order valence-corrected chi connectivity index (χ0v) is 17.5. The van der Waals surface area contributed by atoms with Gasteiger partial charge >= 0.3 is 0 Å². The molecule has 2 aromatic rings. The number of nitrogens with one attached hydrogen (secondary N) is 2. The number of rotatable bonds is 8. The largest absolute Gasteiger partial charge is 0.490 e. The highest BCUT2D eigenvalue weighted by Crippen LogP contribution is 2.37. The summed E-state index contributed by atoms with van der Waals surface area (Å²) in [6, 6.07) is 10.1. The topological polar surface area (TPSA) is 54.9 Å². The molecule has 2 N–H and O–H groups in total. The molecule has 0 unspecified atom stereocenters. The number of nitrogens with zero attached hydrogens (tertiary/aromatic N) is 1. The lowest BCUT2D eigenvalue weighted by atomic mass is 10.2. The Bertz CT molecular complexity index is 818. The van der Waals surface area contributed by atoms with Crippen molar-refractivity contribution in [2.24, 2.45) is 5.10 Å². The smallest absolute Gasteiger partial charge is 0.186 e. The van der Waals surface area contributed by atoms with Crippen LogP contribution in [-0.2, 0) is 6.61 Å². The SMILES string of the molecule is CCNC(=S)N/N=C\c1cc(Br)c(OCc2ccccc2F)c(OCC)c1. The second-order valence-electron chi connectivity index (χ2n) is 5.37. The molecule has 0 saturated carbocycles. The Hall–Kier alpha value is -2.19. The molecule has 0 heterocycles. The van der Waals surface area contributed by atoms with Crippen molar-refractivity contribution in [2.45, 2.75) is 20.5 Å². The summed E-state index contributed by atoms with van der Waals surface area (Å²) in [5.41, 5.74) is 3.99. The normalized spacial score (nSPS) is 10.7. The van der Waals surface area contributed by atoms with E-state index >= 15 is 0 Å².